The van der Waals surface area contributed by atoms with Gasteiger partial charge in [-0.05, 0) is 67.4 Å². The molecule has 1 aliphatic rings. The van der Waals surface area contributed by atoms with Crippen molar-refractivity contribution in [2.24, 2.45) is 0 Å². The van der Waals surface area contributed by atoms with Gasteiger partial charge in [0.25, 0.3) is 5.78 Å². The molecule has 0 saturated carbocycles. The number of hydrogen-bond donors (Lipinski definition) is 1. The Labute approximate surface area is 193 Å². The first kappa shape index (κ1) is 21.0. The Morgan fingerprint density at radius 3 is 2.67 bits per heavy atom. The van der Waals surface area contributed by atoms with Crippen LogP contribution in [-0.4, -0.2) is 28.9 Å². The molecule has 0 spiro atoms. The number of nitrogens with zero attached hydrogens (tertiary/aromatic N) is 2. The van der Waals surface area contributed by atoms with Crippen molar-refractivity contribution in [2.45, 2.75) is 19.9 Å². The SMILES string of the molecule is COc1ccc(C(O)=C2C(=O)C(=O)N(c3nc4ccc(C)cc4s3)[C@@H]2c2ccco2)cc1C. The molecule has 1 amide bonds. The molecule has 8 heteroatoms. The number of aromatic nitrogens is 1. The summed E-state index contributed by atoms with van der Waals surface area (Å²) >= 11 is 1.31. The maximum atomic E-state index is 13.2. The molecular weight excluding hydrogens is 440 g/mol. The van der Waals surface area contributed by atoms with Crippen LogP contribution in [0.1, 0.15) is 28.5 Å². The van der Waals surface area contributed by atoms with E-state index in [9.17, 15) is 14.7 Å². The number of benzene rings is 2. The van der Waals surface area contributed by atoms with Crippen molar-refractivity contribution in [2.75, 3.05) is 12.0 Å². The van der Waals surface area contributed by atoms with Gasteiger partial charge in [0.1, 0.15) is 23.3 Å². The van der Waals surface area contributed by atoms with Crippen molar-refractivity contribution < 1.29 is 23.8 Å². The second kappa shape index (κ2) is 7.90. The predicted molar refractivity (Wildman–Crippen MR) is 126 cm³/mol. The van der Waals surface area contributed by atoms with E-state index in [0.29, 0.717) is 22.2 Å². The highest BCUT2D eigenvalue weighted by Crippen LogP contribution is 2.44. The smallest absolute Gasteiger partial charge is 0.302 e. The summed E-state index contributed by atoms with van der Waals surface area (Å²) in [7, 11) is 1.56. The molecule has 1 atom stereocenters. The van der Waals surface area contributed by atoms with Gasteiger partial charge in [-0.1, -0.05) is 17.4 Å². The molecule has 0 bridgehead atoms. The molecule has 2 aromatic carbocycles. The largest absolute Gasteiger partial charge is 0.507 e. The molecule has 7 nitrogen and oxygen atoms in total. The Kier molecular flexibility index (Phi) is 5.02. The molecule has 1 aliphatic heterocycles. The quantitative estimate of drug-likeness (QED) is 0.257. The molecular formula is C25H20N2O5S. The average molecular weight is 461 g/mol. The minimum absolute atomic E-state index is 0.0463. The number of aliphatic hydroxyl groups is 1. The summed E-state index contributed by atoms with van der Waals surface area (Å²) in [5, 5.41) is 11.6. The lowest BCUT2D eigenvalue weighted by Gasteiger charge is -2.20. The Balaban J connectivity index is 1.70. The second-order valence-corrected chi connectivity index (χ2v) is 8.85. The third kappa shape index (κ3) is 3.39. The fourth-order valence-corrected chi connectivity index (χ4v) is 5.14. The van der Waals surface area contributed by atoms with E-state index in [2.05, 4.69) is 4.98 Å². The summed E-state index contributed by atoms with van der Waals surface area (Å²) in [6, 6.07) is 13.3. The molecule has 166 valence electrons. The van der Waals surface area contributed by atoms with Gasteiger partial charge in [0, 0.05) is 5.56 Å². The topological polar surface area (TPSA) is 92.9 Å². The van der Waals surface area contributed by atoms with Gasteiger partial charge in [0.2, 0.25) is 0 Å². The van der Waals surface area contributed by atoms with E-state index in [1.807, 2.05) is 32.0 Å². The summed E-state index contributed by atoms with van der Waals surface area (Å²) in [5.74, 6) is -0.826. The van der Waals surface area contributed by atoms with Gasteiger partial charge in [0.15, 0.2) is 5.13 Å². The van der Waals surface area contributed by atoms with Crippen LogP contribution >= 0.6 is 11.3 Å². The summed E-state index contributed by atoms with van der Waals surface area (Å²) in [6.07, 6.45) is 1.47. The van der Waals surface area contributed by atoms with Crippen LogP contribution in [0.4, 0.5) is 5.13 Å². The zero-order chi connectivity index (χ0) is 23.3. The first-order valence-corrected chi connectivity index (χ1v) is 11.1. The fourth-order valence-electron chi connectivity index (χ4n) is 4.05. The van der Waals surface area contributed by atoms with E-state index in [0.717, 1.165) is 21.3 Å². The minimum Gasteiger partial charge on any atom is -0.507 e. The first-order chi connectivity index (χ1) is 15.9. The molecule has 2 aromatic heterocycles. The predicted octanol–water partition coefficient (Wildman–Crippen LogP) is 5.14. The molecule has 4 aromatic rings. The number of aryl methyl sites for hydroxylation is 2. The lowest BCUT2D eigenvalue weighted by molar-refractivity contribution is -0.132. The number of thiazole rings is 1. The summed E-state index contributed by atoms with van der Waals surface area (Å²) in [4.78, 5) is 32.3. The lowest BCUT2D eigenvalue weighted by atomic mass is 9.98. The van der Waals surface area contributed by atoms with Gasteiger partial charge < -0.3 is 14.3 Å². The fraction of sp³-hybridized carbons (Fsp3) is 0.160. The number of methoxy groups -OCH3 is 1. The van der Waals surface area contributed by atoms with Crippen LogP contribution in [0.15, 0.2) is 64.8 Å². The van der Waals surface area contributed by atoms with Crippen LogP contribution in [0.25, 0.3) is 16.0 Å². The number of ether oxygens (including phenoxy) is 1. The number of anilines is 1. The summed E-state index contributed by atoms with van der Waals surface area (Å²) < 4.78 is 11.8. The van der Waals surface area contributed by atoms with E-state index >= 15 is 0 Å². The molecule has 0 radical (unpaired) electrons. The standard InChI is InChI=1S/C25H20N2O5S/c1-13-6-8-16-19(11-13)33-25(26-16)27-21(18-5-4-10-32-18)20(23(29)24(27)30)22(28)15-7-9-17(31-3)14(2)12-15/h4-12,21,28H,1-3H3/t21-/m1/s1. The van der Waals surface area contributed by atoms with Crippen LogP contribution in [0, 0.1) is 13.8 Å². The highest BCUT2D eigenvalue weighted by atomic mass is 32.1. The molecule has 33 heavy (non-hydrogen) atoms. The normalized spacial score (nSPS) is 17.8. The molecule has 0 aliphatic carbocycles. The molecule has 1 saturated heterocycles. The summed E-state index contributed by atoms with van der Waals surface area (Å²) in [5.41, 5.74) is 2.94. The maximum absolute atomic E-state index is 13.2. The minimum atomic E-state index is -0.941. The number of furan rings is 1. The van der Waals surface area contributed by atoms with Gasteiger partial charge in [-0.3, -0.25) is 14.5 Å². The van der Waals surface area contributed by atoms with Crippen LogP contribution in [-0.2, 0) is 9.59 Å². The van der Waals surface area contributed by atoms with E-state index in [-0.39, 0.29) is 11.3 Å². The number of carbonyl (C=O) groups excluding carboxylic acids is 2. The number of ketones is 1. The number of carbonyl (C=O) groups is 2. The first-order valence-electron chi connectivity index (χ1n) is 10.3. The zero-order valence-corrected chi connectivity index (χ0v) is 19.0. The zero-order valence-electron chi connectivity index (χ0n) is 18.2. The Hall–Kier alpha value is -3.91. The van der Waals surface area contributed by atoms with E-state index in [4.69, 9.17) is 9.15 Å². The van der Waals surface area contributed by atoms with Gasteiger partial charge in [-0.25, -0.2) is 4.98 Å². The molecule has 0 unspecified atom stereocenters. The Bertz CT molecular complexity index is 1430. The molecule has 1 fully saturated rings. The number of fused-ring (bicyclic) bond motifs is 1. The number of rotatable bonds is 4. The lowest BCUT2D eigenvalue weighted by Crippen LogP contribution is -2.29. The Morgan fingerprint density at radius 2 is 1.97 bits per heavy atom. The summed E-state index contributed by atoms with van der Waals surface area (Å²) in [6.45, 7) is 3.81. The van der Waals surface area contributed by atoms with Crippen molar-refractivity contribution in [1.29, 1.82) is 0 Å². The van der Waals surface area contributed by atoms with Crippen molar-refractivity contribution in [3.05, 3.63) is 82.8 Å². The van der Waals surface area contributed by atoms with Crippen LogP contribution < -0.4 is 9.64 Å². The molecule has 5 rings (SSSR count). The monoisotopic (exact) mass is 460 g/mol. The van der Waals surface area contributed by atoms with Gasteiger partial charge >= 0.3 is 5.91 Å². The number of amides is 1. The van der Waals surface area contributed by atoms with Crippen molar-refractivity contribution in [3.8, 4) is 5.75 Å². The molecule has 3 heterocycles. The van der Waals surface area contributed by atoms with Crippen LogP contribution in [0.3, 0.4) is 0 Å². The third-order valence-corrected chi connectivity index (χ3v) is 6.68. The van der Waals surface area contributed by atoms with Crippen molar-refractivity contribution >= 4 is 44.1 Å². The van der Waals surface area contributed by atoms with Crippen molar-refractivity contribution in [3.63, 3.8) is 0 Å². The molecule has 1 N–H and O–H groups in total. The number of Topliss-reactive ketones (excluding diaryl/α,β-unsaturated/α-hetero) is 1. The number of hydrogen-bond acceptors (Lipinski definition) is 7. The second-order valence-electron chi connectivity index (χ2n) is 7.84. The Morgan fingerprint density at radius 1 is 1.15 bits per heavy atom. The van der Waals surface area contributed by atoms with Crippen molar-refractivity contribution in [1.82, 2.24) is 4.98 Å². The van der Waals surface area contributed by atoms with E-state index in [1.165, 1.54) is 22.5 Å². The highest BCUT2D eigenvalue weighted by Gasteiger charge is 2.49. The van der Waals surface area contributed by atoms with E-state index in [1.54, 1.807) is 37.4 Å². The van der Waals surface area contributed by atoms with Crippen LogP contribution in [0.5, 0.6) is 5.75 Å². The van der Waals surface area contributed by atoms with Gasteiger partial charge in [-0.2, -0.15) is 0 Å². The average Bonchev–Trinajstić information content (AvgIpc) is 3.52. The highest BCUT2D eigenvalue weighted by molar-refractivity contribution is 7.22. The third-order valence-electron chi connectivity index (χ3n) is 5.66. The maximum Gasteiger partial charge on any atom is 0.302 e. The van der Waals surface area contributed by atoms with Gasteiger partial charge in [-0.15, -0.1) is 0 Å². The number of aliphatic hydroxyl groups excluding tert-OH is 1. The van der Waals surface area contributed by atoms with Gasteiger partial charge in [0.05, 0.1) is 29.2 Å². The van der Waals surface area contributed by atoms with Crippen LogP contribution in [0.2, 0.25) is 0 Å². The van der Waals surface area contributed by atoms with E-state index < -0.39 is 17.7 Å².